The van der Waals surface area contributed by atoms with Crippen LogP contribution in [0.1, 0.15) is 5.01 Å². The molecule has 0 bridgehead atoms. The number of rotatable bonds is 5. The molecule has 148 valence electrons. The second-order valence-corrected chi connectivity index (χ2v) is 7.16. The van der Waals surface area contributed by atoms with Gasteiger partial charge in [0.1, 0.15) is 16.4 Å². The molecule has 4 aromatic rings. The van der Waals surface area contributed by atoms with Crippen LogP contribution in [0, 0.1) is 11.6 Å². The molecule has 0 saturated heterocycles. The highest BCUT2D eigenvalue weighted by atomic mass is 35.5. The standard InChI is InChI=1S/C18H12ClF2N5O2S/c19-10-7-24-17-15(10)13(1-2-23-17)28-16-11(20)5-9(6-12(16)21)26-18(27)25-8-14-22-3-4-29-14/h1-7H,8H2,(H,23,24)(H2,25,26,27). The number of hydrogen-bond donors (Lipinski definition) is 3. The smallest absolute Gasteiger partial charge is 0.319 e. The lowest BCUT2D eigenvalue weighted by molar-refractivity contribution is 0.251. The molecule has 7 nitrogen and oxygen atoms in total. The van der Waals surface area contributed by atoms with Crippen LogP contribution in [0.5, 0.6) is 11.5 Å². The Balaban J connectivity index is 1.51. The van der Waals surface area contributed by atoms with Gasteiger partial charge in [0, 0.05) is 41.8 Å². The molecule has 0 aliphatic heterocycles. The van der Waals surface area contributed by atoms with Crippen molar-refractivity contribution in [2.75, 3.05) is 5.32 Å². The minimum atomic E-state index is -0.989. The maximum Gasteiger partial charge on any atom is 0.319 e. The quantitative estimate of drug-likeness (QED) is 0.408. The molecule has 1 aromatic carbocycles. The summed E-state index contributed by atoms with van der Waals surface area (Å²) in [7, 11) is 0. The molecule has 29 heavy (non-hydrogen) atoms. The van der Waals surface area contributed by atoms with Crippen molar-refractivity contribution in [3.63, 3.8) is 0 Å². The number of nitrogens with zero attached hydrogens (tertiary/aromatic N) is 2. The number of fused-ring (bicyclic) bond motifs is 1. The highest BCUT2D eigenvalue weighted by Crippen LogP contribution is 2.36. The van der Waals surface area contributed by atoms with Crippen LogP contribution in [0.25, 0.3) is 11.0 Å². The van der Waals surface area contributed by atoms with Crippen molar-refractivity contribution in [2.45, 2.75) is 6.54 Å². The van der Waals surface area contributed by atoms with Crippen LogP contribution in [0.4, 0.5) is 19.3 Å². The number of carbonyl (C=O) groups excluding carboxylic acids is 1. The summed E-state index contributed by atoms with van der Waals surface area (Å²) >= 11 is 7.45. The summed E-state index contributed by atoms with van der Waals surface area (Å²) < 4.78 is 34.4. The second-order valence-electron chi connectivity index (χ2n) is 5.77. The Bertz CT molecular complexity index is 1160. The molecule has 11 heteroatoms. The van der Waals surface area contributed by atoms with E-state index in [-0.39, 0.29) is 18.0 Å². The number of hydrogen-bond acceptors (Lipinski definition) is 5. The normalized spacial score (nSPS) is 10.9. The van der Waals surface area contributed by atoms with Gasteiger partial charge in [-0.05, 0) is 6.07 Å². The van der Waals surface area contributed by atoms with Gasteiger partial charge in [0.05, 0.1) is 17.0 Å². The van der Waals surface area contributed by atoms with Crippen LogP contribution >= 0.6 is 22.9 Å². The Morgan fingerprint density at radius 1 is 1.24 bits per heavy atom. The molecular weight excluding hydrogens is 424 g/mol. The third-order valence-electron chi connectivity index (χ3n) is 3.84. The monoisotopic (exact) mass is 435 g/mol. The maximum atomic E-state index is 14.5. The molecule has 0 radical (unpaired) electrons. The SMILES string of the molecule is O=C(NCc1nccs1)Nc1cc(F)c(Oc2ccnc3[nH]cc(Cl)c23)c(F)c1. The Morgan fingerprint density at radius 2 is 2.03 bits per heavy atom. The molecule has 0 aliphatic carbocycles. The van der Waals surface area contributed by atoms with Gasteiger partial charge in [-0.2, -0.15) is 0 Å². The van der Waals surface area contributed by atoms with Crippen LogP contribution in [0.3, 0.4) is 0 Å². The van der Waals surface area contributed by atoms with Crippen molar-refractivity contribution in [1.82, 2.24) is 20.3 Å². The summed E-state index contributed by atoms with van der Waals surface area (Å²) in [4.78, 5) is 22.8. The molecule has 0 aliphatic rings. The van der Waals surface area contributed by atoms with Crippen molar-refractivity contribution >= 4 is 45.7 Å². The molecule has 4 rings (SSSR count). The van der Waals surface area contributed by atoms with E-state index in [1.807, 2.05) is 0 Å². The number of thiazole rings is 1. The first-order valence-corrected chi connectivity index (χ1v) is 9.48. The van der Waals surface area contributed by atoms with Gasteiger partial charge in [0.15, 0.2) is 17.4 Å². The number of aromatic nitrogens is 3. The highest BCUT2D eigenvalue weighted by Gasteiger charge is 2.18. The number of anilines is 1. The Kier molecular flexibility index (Phi) is 5.28. The van der Waals surface area contributed by atoms with E-state index in [4.69, 9.17) is 16.3 Å². The molecular formula is C18H12ClF2N5O2S. The van der Waals surface area contributed by atoms with E-state index in [1.165, 1.54) is 29.8 Å². The Morgan fingerprint density at radius 3 is 2.76 bits per heavy atom. The van der Waals surface area contributed by atoms with E-state index >= 15 is 0 Å². The van der Waals surface area contributed by atoms with Crippen molar-refractivity contribution < 1.29 is 18.3 Å². The maximum absolute atomic E-state index is 14.5. The number of benzene rings is 1. The zero-order valence-corrected chi connectivity index (χ0v) is 16.1. The summed E-state index contributed by atoms with van der Waals surface area (Å²) in [5.74, 6) is -2.46. The van der Waals surface area contributed by atoms with E-state index in [2.05, 4.69) is 25.6 Å². The molecule has 2 amide bonds. The highest BCUT2D eigenvalue weighted by molar-refractivity contribution is 7.09. The second kappa shape index (κ2) is 8.02. The summed E-state index contributed by atoms with van der Waals surface area (Å²) in [5, 5.41) is 8.09. The number of H-pyrrole nitrogens is 1. The molecule has 0 unspecified atom stereocenters. The fourth-order valence-corrected chi connectivity index (χ4v) is 3.38. The van der Waals surface area contributed by atoms with Crippen molar-refractivity contribution in [1.29, 1.82) is 0 Å². The average molecular weight is 436 g/mol. The van der Waals surface area contributed by atoms with Gasteiger partial charge in [-0.15, -0.1) is 11.3 Å². The van der Waals surface area contributed by atoms with E-state index in [0.717, 1.165) is 12.1 Å². The summed E-state index contributed by atoms with van der Waals surface area (Å²) in [6.07, 6.45) is 4.53. The van der Waals surface area contributed by atoms with Gasteiger partial charge in [0.2, 0.25) is 0 Å². The lowest BCUT2D eigenvalue weighted by Gasteiger charge is -2.12. The van der Waals surface area contributed by atoms with E-state index in [1.54, 1.807) is 11.6 Å². The molecule has 0 atom stereocenters. The lowest BCUT2D eigenvalue weighted by atomic mass is 10.2. The van der Waals surface area contributed by atoms with Gasteiger partial charge in [-0.1, -0.05) is 11.6 Å². The first kappa shape index (κ1) is 19.1. The zero-order chi connectivity index (χ0) is 20.4. The average Bonchev–Trinajstić information content (AvgIpc) is 3.33. The predicted molar refractivity (Wildman–Crippen MR) is 106 cm³/mol. The molecule has 3 aromatic heterocycles. The first-order chi connectivity index (χ1) is 14.0. The number of nitrogens with one attached hydrogen (secondary N) is 3. The number of ether oxygens (including phenoxy) is 1. The van der Waals surface area contributed by atoms with Crippen LogP contribution in [0.15, 0.2) is 42.2 Å². The van der Waals surface area contributed by atoms with E-state index in [9.17, 15) is 13.6 Å². The van der Waals surface area contributed by atoms with Crippen LogP contribution in [0.2, 0.25) is 5.02 Å². The zero-order valence-electron chi connectivity index (χ0n) is 14.5. The van der Waals surface area contributed by atoms with Gasteiger partial charge in [-0.25, -0.2) is 23.5 Å². The summed E-state index contributed by atoms with van der Waals surface area (Å²) in [5.41, 5.74) is 0.354. The third kappa shape index (κ3) is 4.13. The number of urea groups is 1. The predicted octanol–water partition coefficient (Wildman–Crippen LogP) is 5.07. The number of carbonyl (C=O) groups is 1. The molecule has 3 heterocycles. The van der Waals surface area contributed by atoms with Crippen molar-refractivity contribution in [3.05, 3.63) is 63.8 Å². The largest absolute Gasteiger partial charge is 0.450 e. The molecule has 0 fully saturated rings. The van der Waals surface area contributed by atoms with Crippen LogP contribution in [-0.2, 0) is 6.54 Å². The van der Waals surface area contributed by atoms with Gasteiger partial charge in [-0.3, -0.25) is 0 Å². The molecule has 0 spiro atoms. The Hall–Kier alpha value is -3.24. The fourth-order valence-electron chi connectivity index (χ4n) is 2.58. The van der Waals surface area contributed by atoms with Crippen molar-refractivity contribution in [3.8, 4) is 11.5 Å². The van der Waals surface area contributed by atoms with E-state index < -0.39 is 23.4 Å². The van der Waals surface area contributed by atoms with Crippen LogP contribution < -0.4 is 15.4 Å². The first-order valence-electron chi connectivity index (χ1n) is 8.23. The van der Waals surface area contributed by atoms with Gasteiger partial charge < -0.3 is 20.4 Å². The summed E-state index contributed by atoms with van der Waals surface area (Å²) in [6.45, 7) is 0.200. The Labute approximate surface area is 171 Å². The van der Waals surface area contributed by atoms with Crippen molar-refractivity contribution in [2.24, 2.45) is 0 Å². The number of pyridine rings is 1. The fraction of sp³-hybridized carbons (Fsp3) is 0.0556. The van der Waals surface area contributed by atoms with E-state index in [0.29, 0.717) is 21.1 Å². The number of amides is 2. The minimum Gasteiger partial charge on any atom is -0.450 e. The minimum absolute atomic E-state index is 0.0662. The van der Waals surface area contributed by atoms with Crippen LogP contribution in [-0.4, -0.2) is 21.0 Å². The van der Waals surface area contributed by atoms with Gasteiger partial charge >= 0.3 is 6.03 Å². The topological polar surface area (TPSA) is 91.9 Å². The lowest BCUT2D eigenvalue weighted by Crippen LogP contribution is -2.28. The molecule has 0 saturated carbocycles. The van der Waals surface area contributed by atoms with Gasteiger partial charge in [0.25, 0.3) is 0 Å². The third-order valence-corrected chi connectivity index (χ3v) is 4.92. The molecule has 3 N–H and O–H groups in total. The summed E-state index contributed by atoms with van der Waals surface area (Å²) in [6, 6.07) is 2.73. The number of aromatic amines is 1. The number of halogens is 3.